The van der Waals surface area contributed by atoms with E-state index >= 15 is 0 Å². The number of alkyl halides is 3. The van der Waals surface area contributed by atoms with Gasteiger partial charge in [0.15, 0.2) is 6.61 Å². The van der Waals surface area contributed by atoms with Crippen molar-refractivity contribution >= 4 is 21.7 Å². The summed E-state index contributed by atoms with van der Waals surface area (Å²) in [6, 6.07) is 3.63. The zero-order valence-corrected chi connectivity index (χ0v) is 10.8. The Labute approximate surface area is 112 Å². The van der Waals surface area contributed by atoms with Crippen molar-refractivity contribution in [1.29, 1.82) is 0 Å². The molecular formula is C11H10F3NO4S. The van der Waals surface area contributed by atoms with Crippen LogP contribution in [0.15, 0.2) is 23.1 Å². The fraction of sp³-hybridized carbons (Fsp3) is 0.364. The Kier molecular flexibility index (Phi) is 3.74. The van der Waals surface area contributed by atoms with Crippen molar-refractivity contribution in [2.75, 3.05) is 11.9 Å². The number of hydrogen-bond acceptors (Lipinski definition) is 4. The molecule has 20 heavy (non-hydrogen) atoms. The van der Waals surface area contributed by atoms with Crippen molar-refractivity contribution in [3.63, 3.8) is 0 Å². The van der Waals surface area contributed by atoms with Gasteiger partial charge in [0.2, 0.25) is 5.91 Å². The second-order valence-electron chi connectivity index (χ2n) is 4.20. The minimum atomic E-state index is -4.73. The van der Waals surface area contributed by atoms with E-state index in [0.717, 1.165) is 6.07 Å². The van der Waals surface area contributed by atoms with Gasteiger partial charge < -0.3 is 5.32 Å². The molecule has 0 saturated heterocycles. The molecule has 5 nitrogen and oxygen atoms in total. The highest BCUT2D eigenvalue weighted by atomic mass is 32.2. The third-order valence-electron chi connectivity index (χ3n) is 2.64. The number of carbonyl (C=O) groups is 1. The zero-order chi connectivity index (χ0) is 15.0. The Bertz CT molecular complexity index is 640. The van der Waals surface area contributed by atoms with Crippen LogP contribution in [0.5, 0.6) is 0 Å². The summed E-state index contributed by atoms with van der Waals surface area (Å²) < 4.78 is 63.1. The van der Waals surface area contributed by atoms with E-state index < -0.39 is 22.9 Å². The molecular weight excluding hydrogens is 299 g/mol. The maximum Gasteiger partial charge on any atom is 0.413 e. The highest BCUT2D eigenvalue weighted by Crippen LogP contribution is 2.27. The Morgan fingerprint density at radius 2 is 1.95 bits per heavy atom. The number of rotatable bonds is 3. The number of benzene rings is 1. The fourth-order valence-corrected chi connectivity index (χ4v) is 2.67. The van der Waals surface area contributed by atoms with E-state index in [9.17, 15) is 26.4 Å². The van der Waals surface area contributed by atoms with Crippen LogP contribution in [0.3, 0.4) is 0 Å². The largest absolute Gasteiger partial charge is 0.413 e. The van der Waals surface area contributed by atoms with Crippen molar-refractivity contribution in [2.45, 2.75) is 23.9 Å². The van der Waals surface area contributed by atoms with Crippen LogP contribution in [0.25, 0.3) is 0 Å². The maximum absolute atomic E-state index is 12.0. The molecule has 1 amide bonds. The van der Waals surface area contributed by atoms with Crippen molar-refractivity contribution in [3.05, 3.63) is 23.8 Å². The average Bonchev–Trinajstić information content (AvgIpc) is 2.35. The van der Waals surface area contributed by atoms with Gasteiger partial charge in [-0.15, -0.1) is 0 Å². The SMILES string of the molecule is O=C1CCc2cc(S(=O)(=O)OCC(F)(F)F)ccc2N1. The van der Waals surface area contributed by atoms with Crippen LogP contribution in [-0.4, -0.2) is 27.1 Å². The molecule has 0 radical (unpaired) electrons. The quantitative estimate of drug-likeness (QED) is 0.865. The van der Waals surface area contributed by atoms with E-state index in [1.54, 1.807) is 0 Å². The summed E-state index contributed by atoms with van der Waals surface area (Å²) >= 11 is 0. The molecule has 1 N–H and O–H groups in total. The monoisotopic (exact) mass is 309 g/mol. The highest BCUT2D eigenvalue weighted by Gasteiger charge is 2.32. The molecule has 0 aliphatic carbocycles. The first-order valence-corrected chi connectivity index (χ1v) is 6.97. The first-order chi connectivity index (χ1) is 9.17. The third-order valence-corrected chi connectivity index (χ3v) is 3.90. The van der Waals surface area contributed by atoms with Crippen molar-refractivity contribution < 1.29 is 30.6 Å². The minimum absolute atomic E-state index is 0.193. The van der Waals surface area contributed by atoms with Gasteiger partial charge in [-0.25, -0.2) is 0 Å². The normalized spacial score (nSPS) is 15.7. The van der Waals surface area contributed by atoms with Crippen LogP contribution >= 0.6 is 0 Å². The number of anilines is 1. The highest BCUT2D eigenvalue weighted by molar-refractivity contribution is 7.86. The van der Waals surface area contributed by atoms with E-state index in [1.807, 2.05) is 0 Å². The van der Waals surface area contributed by atoms with E-state index in [1.165, 1.54) is 12.1 Å². The number of amides is 1. The Morgan fingerprint density at radius 1 is 1.25 bits per heavy atom. The molecule has 1 aromatic rings. The Hall–Kier alpha value is -1.61. The molecule has 0 fully saturated rings. The molecule has 0 spiro atoms. The molecule has 2 rings (SSSR count). The second-order valence-corrected chi connectivity index (χ2v) is 5.81. The maximum atomic E-state index is 12.0. The molecule has 1 aliphatic rings. The number of halogens is 3. The smallest absolute Gasteiger partial charge is 0.326 e. The van der Waals surface area contributed by atoms with Gasteiger partial charge in [-0.3, -0.25) is 8.98 Å². The van der Waals surface area contributed by atoms with Crippen LogP contribution in [0.1, 0.15) is 12.0 Å². The summed E-state index contributed by atoms with van der Waals surface area (Å²) in [7, 11) is -4.47. The lowest BCUT2D eigenvalue weighted by molar-refractivity contribution is -0.152. The molecule has 0 unspecified atom stereocenters. The standard InChI is InChI=1S/C11H10F3NO4S/c12-11(13,14)6-19-20(17,18)8-2-3-9-7(5-8)1-4-10(16)15-9/h2-3,5H,1,4,6H2,(H,15,16). The summed E-state index contributed by atoms with van der Waals surface area (Å²) in [5.41, 5.74) is 0.998. The van der Waals surface area contributed by atoms with Crippen LogP contribution < -0.4 is 5.32 Å². The van der Waals surface area contributed by atoms with E-state index in [-0.39, 0.29) is 17.2 Å². The summed E-state index contributed by atoms with van der Waals surface area (Å²) in [5.74, 6) is -0.193. The molecule has 0 bridgehead atoms. The van der Waals surface area contributed by atoms with E-state index in [2.05, 4.69) is 9.50 Å². The lowest BCUT2D eigenvalue weighted by atomic mass is 10.0. The summed E-state index contributed by atoms with van der Waals surface area (Å²) in [5, 5.41) is 2.54. The molecule has 110 valence electrons. The topological polar surface area (TPSA) is 72.5 Å². The molecule has 9 heteroatoms. The van der Waals surface area contributed by atoms with Gasteiger partial charge in [0.05, 0.1) is 4.90 Å². The van der Waals surface area contributed by atoms with Gasteiger partial charge in [-0.2, -0.15) is 21.6 Å². The molecule has 0 saturated carbocycles. The molecule has 1 aliphatic heterocycles. The lowest BCUT2D eigenvalue weighted by Crippen LogP contribution is -2.22. The second kappa shape index (κ2) is 5.06. The van der Waals surface area contributed by atoms with Crippen LogP contribution in [0.2, 0.25) is 0 Å². The fourth-order valence-electron chi connectivity index (χ4n) is 1.73. The summed E-state index contributed by atoms with van der Waals surface area (Å²) in [6.45, 7) is -1.87. The number of hydrogen-bond donors (Lipinski definition) is 1. The van der Waals surface area contributed by atoms with Crippen molar-refractivity contribution in [3.8, 4) is 0 Å². The number of fused-ring (bicyclic) bond motifs is 1. The van der Waals surface area contributed by atoms with E-state index in [4.69, 9.17) is 0 Å². The molecule has 0 atom stereocenters. The molecule has 1 aromatic carbocycles. The van der Waals surface area contributed by atoms with Crippen LogP contribution in [-0.2, 0) is 25.5 Å². The Balaban J connectivity index is 2.23. The van der Waals surface area contributed by atoms with Crippen LogP contribution in [0.4, 0.5) is 18.9 Å². The van der Waals surface area contributed by atoms with Gasteiger partial charge in [-0.1, -0.05) is 0 Å². The molecule has 1 heterocycles. The van der Waals surface area contributed by atoms with Gasteiger partial charge >= 0.3 is 6.18 Å². The van der Waals surface area contributed by atoms with Gasteiger partial charge in [0.1, 0.15) is 0 Å². The summed E-state index contributed by atoms with van der Waals surface area (Å²) in [4.78, 5) is 10.8. The number of aryl methyl sites for hydroxylation is 1. The average molecular weight is 309 g/mol. The zero-order valence-electron chi connectivity index (χ0n) is 10.0. The third kappa shape index (κ3) is 3.48. The summed E-state index contributed by atoms with van der Waals surface area (Å²) in [6.07, 6.45) is -4.21. The minimum Gasteiger partial charge on any atom is -0.326 e. The first kappa shape index (κ1) is 14.8. The predicted octanol–water partition coefficient (Wildman–Crippen LogP) is 1.84. The molecule has 0 aromatic heterocycles. The van der Waals surface area contributed by atoms with Gasteiger partial charge in [0, 0.05) is 12.1 Å². The lowest BCUT2D eigenvalue weighted by Gasteiger charge is -2.17. The van der Waals surface area contributed by atoms with Gasteiger partial charge in [0.25, 0.3) is 10.1 Å². The van der Waals surface area contributed by atoms with Crippen LogP contribution in [0, 0.1) is 0 Å². The van der Waals surface area contributed by atoms with Crippen molar-refractivity contribution in [1.82, 2.24) is 0 Å². The first-order valence-electron chi connectivity index (χ1n) is 5.56. The number of nitrogens with one attached hydrogen (secondary N) is 1. The number of carbonyl (C=O) groups excluding carboxylic acids is 1. The Morgan fingerprint density at radius 3 is 2.60 bits per heavy atom. The van der Waals surface area contributed by atoms with E-state index in [0.29, 0.717) is 17.7 Å². The van der Waals surface area contributed by atoms with Crippen molar-refractivity contribution in [2.24, 2.45) is 0 Å². The predicted molar refractivity (Wildman–Crippen MR) is 62.6 cm³/mol. The van der Waals surface area contributed by atoms with Gasteiger partial charge in [-0.05, 0) is 30.2 Å².